The van der Waals surface area contributed by atoms with Gasteiger partial charge in [-0.15, -0.1) is 0 Å². The fourth-order valence-corrected chi connectivity index (χ4v) is 0.897. The van der Waals surface area contributed by atoms with Gasteiger partial charge in [0.2, 0.25) is 0 Å². The largest absolute Gasteiger partial charge is 1.00 e. The van der Waals surface area contributed by atoms with Crippen LogP contribution in [0.25, 0.3) is 0 Å². The van der Waals surface area contributed by atoms with E-state index in [0.29, 0.717) is 12.2 Å². The minimum Gasteiger partial charge on any atom is -1.00 e. The third-order valence-corrected chi connectivity index (χ3v) is 1.49. The molecule has 2 heteroatoms. The molecule has 1 fully saturated rings. The van der Waals surface area contributed by atoms with E-state index in [1.165, 1.54) is 12.8 Å². The summed E-state index contributed by atoms with van der Waals surface area (Å²) >= 11 is 0. The zero-order valence-electron chi connectivity index (χ0n) is 6.98. The Morgan fingerprint density at radius 2 is 1.62 bits per heavy atom. The minimum atomic E-state index is 0. The van der Waals surface area contributed by atoms with Crippen LogP contribution in [0.3, 0.4) is 0 Å². The summed E-state index contributed by atoms with van der Waals surface area (Å²) in [5.74, 6) is 0. The molecule has 0 amide bonds. The first kappa shape index (κ1) is 9.60. The summed E-state index contributed by atoms with van der Waals surface area (Å²) in [4.78, 5) is 0. The SMILES string of the molecule is CCC1OC1CC.[H-].[K+]. The molecule has 0 radical (unpaired) electrons. The Bertz CT molecular complexity index is 62.1. The molecule has 0 N–H and O–H groups in total. The van der Waals surface area contributed by atoms with E-state index in [2.05, 4.69) is 13.8 Å². The van der Waals surface area contributed by atoms with E-state index in [0.717, 1.165) is 0 Å². The summed E-state index contributed by atoms with van der Waals surface area (Å²) in [6.07, 6.45) is 3.62. The van der Waals surface area contributed by atoms with Gasteiger partial charge in [-0.25, -0.2) is 0 Å². The minimum absolute atomic E-state index is 0. The molecule has 1 saturated heterocycles. The predicted molar refractivity (Wildman–Crippen MR) is 30.4 cm³/mol. The van der Waals surface area contributed by atoms with E-state index < -0.39 is 0 Å². The van der Waals surface area contributed by atoms with E-state index in [9.17, 15) is 0 Å². The van der Waals surface area contributed by atoms with Gasteiger partial charge in [-0.05, 0) is 12.8 Å². The van der Waals surface area contributed by atoms with E-state index in [-0.39, 0.29) is 52.8 Å². The molecule has 1 nitrogen and oxygen atoms in total. The molecule has 44 valence electrons. The maximum Gasteiger partial charge on any atom is 1.00 e. The molecule has 0 bridgehead atoms. The van der Waals surface area contributed by atoms with Crippen molar-refractivity contribution >= 4 is 0 Å². The van der Waals surface area contributed by atoms with Crippen LogP contribution in [-0.2, 0) is 4.74 Å². The van der Waals surface area contributed by atoms with Crippen molar-refractivity contribution in [3.8, 4) is 0 Å². The molecule has 0 aromatic rings. The number of hydrogen-bond acceptors (Lipinski definition) is 1. The number of ether oxygens (including phenoxy) is 1. The van der Waals surface area contributed by atoms with E-state index >= 15 is 0 Å². The second kappa shape index (κ2) is 4.42. The van der Waals surface area contributed by atoms with Gasteiger partial charge in [0, 0.05) is 0 Å². The Morgan fingerprint density at radius 1 is 1.25 bits per heavy atom. The summed E-state index contributed by atoms with van der Waals surface area (Å²) in [5, 5.41) is 0. The maximum atomic E-state index is 5.22. The first-order valence-electron chi connectivity index (χ1n) is 3.04. The summed E-state index contributed by atoms with van der Waals surface area (Å²) in [5.41, 5.74) is 0. The van der Waals surface area contributed by atoms with Crippen LogP contribution in [0.4, 0.5) is 0 Å². The van der Waals surface area contributed by atoms with Crippen molar-refractivity contribution in [2.75, 3.05) is 0 Å². The molecule has 1 rings (SSSR count). The Hall–Kier alpha value is 1.60. The molecule has 1 aliphatic heterocycles. The second-order valence-corrected chi connectivity index (χ2v) is 2.03. The van der Waals surface area contributed by atoms with Crippen molar-refractivity contribution in [3.63, 3.8) is 0 Å². The van der Waals surface area contributed by atoms with Crippen molar-refractivity contribution in [1.29, 1.82) is 0 Å². The van der Waals surface area contributed by atoms with Gasteiger partial charge in [-0.3, -0.25) is 0 Å². The summed E-state index contributed by atoms with van der Waals surface area (Å²) in [6.45, 7) is 4.33. The van der Waals surface area contributed by atoms with Crippen LogP contribution < -0.4 is 51.4 Å². The van der Waals surface area contributed by atoms with E-state index in [4.69, 9.17) is 4.74 Å². The second-order valence-electron chi connectivity index (χ2n) is 2.03. The molecule has 0 spiro atoms. The van der Waals surface area contributed by atoms with Crippen LogP contribution in [0.5, 0.6) is 0 Å². The van der Waals surface area contributed by atoms with Crippen molar-refractivity contribution in [2.24, 2.45) is 0 Å². The normalized spacial score (nSPS) is 33.8. The van der Waals surface area contributed by atoms with Crippen LogP contribution in [0.2, 0.25) is 0 Å². The maximum absolute atomic E-state index is 5.22. The Kier molecular flexibility index (Phi) is 5.30. The zero-order valence-corrected chi connectivity index (χ0v) is 9.10. The van der Waals surface area contributed by atoms with Crippen LogP contribution >= 0.6 is 0 Å². The molecule has 1 heterocycles. The van der Waals surface area contributed by atoms with Gasteiger partial charge in [0.25, 0.3) is 0 Å². The third-order valence-electron chi connectivity index (χ3n) is 1.49. The Morgan fingerprint density at radius 3 is 1.75 bits per heavy atom. The predicted octanol–water partition coefficient (Wildman–Crippen LogP) is -1.31. The zero-order chi connectivity index (χ0) is 5.28. The quantitative estimate of drug-likeness (QED) is 0.343. The number of epoxide rings is 1. The van der Waals surface area contributed by atoms with Gasteiger partial charge in [0.1, 0.15) is 0 Å². The van der Waals surface area contributed by atoms with Gasteiger partial charge in [-0.2, -0.15) is 0 Å². The fourth-order valence-electron chi connectivity index (χ4n) is 0.897. The van der Waals surface area contributed by atoms with Gasteiger partial charge in [-0.1, -0.05) is 13.8 Å². The number of rotatable bonds is 2. The molecule has 1 aliphatic rings. The molecule has 2 atom stereocenters. The van der Waals surface area contributed by atoms with Crippen LogP contribution in [0, 0.1) is 0 Å². The summed E-state index contributed by atoms with van der Waals surface area (Å²) in [6, 6.07) is 0. The van der Waals surface area contributed by atoms with Gasteiger partial charge in [0.05, 0.1) is 12.2 Å². The standard InChI is InChI=1S/C6H12O.K.H/c1-3-5-6(4-2)7-5;;/h5-6H,3-4H2,1-2H3;;/q;+1;-1. The summed E-state index contributed by atoms with van der Waals surface area (Å²) in [7, 11) is 0. The van der Waals surface area contributed by atoms with E-state index in [1.54, 1.807) is 0 Å². The molecular formula is C6H13KO. The molecule has 0 aliphatic carbocycles. The van der Waals surface area contributed by atoms with Crippen LogP contribution in [0.1, 0.15) is 28.1 Å². The molecule has 0 saturated carbocycles. The first-order chi connectivity index (χ1) is 3.38. The van der Waals surface area contributed by atoms with Crippen molar-refractivity contribution in [1.82, 2.24) is 0 Å². The van der Waals surface area contributed by atoms with Gasteiger partial charge >= 0.3 is 51.4 Å². The molecule has 0 aromatic carbocycles. The first-order valence-corrected chi connectivity index (χ1v) is 3.04. The van der Waals surface area contributed by atoms with Gasteiger partial charge < -0.3 is 6.16 Å². The smallest absolute Gasteiger partial charge is 1.00 e. The molecule has 2 unspecified atom stereocenters. The monoisotopic (exact) mass is 140 g/mol. The van der Waals surface area contributed by atoms with Crippen LogP contribution in [0.15, 0.2) is 0 Å². The van der Waals surface area contributed by atoms with E-state index in [1.807, 2.05) is 0 Å². The third kappa shape index (κ3) is 2.46. The fraction of sp³-hybridized carbons (Fsp3) is 1.00. The average molecular weight is 140 g/mol. The molecule has 8 heavy (non-hydrogen) atoms. The molecule has 0 aromatic heterocycles. The number of hydrogen-bond donors (Lipinski definition) is 0. The topological polar surface area (TPSA) is 12.5 Å². The van der Waals surface area contributed by atoms with Gasteiger partial charge in [0.15, 0.2) is 0 Å². The average Bonchev–Trinajstić information content (AvgIpc) is 2.43. The Labute approximate surface area is 95.1 Å². The van der Waals surface area contributed by atoms with Crippen LogP contribution in [-0.4, -0.2) is 12.2 Å². The van der Waals surface area contributed by atoms with Crippen molar-refractivity contribution in [3.05, 3.63) is 0 Å². The molecular weight excluding hydrogens is 127 g/mol. The Balaban J connectivity index is 0. The summed E-state index contributed by atoms with van der Waals surface area (Å²) < 4.78 is 5.22. The van der Waals surface area contributed by atoms with Crippen molar-refractivity contribution in [2.45, 2.75) is 38.9 Å². The van der Waals surface area contributed by atoms with Crippen molar-refractivity contribution < 1.29 is 57.5 Å².